The van der Waals surface area contributed by atoms with Gasteiger partial charge in [0.15, 0.2) is 0 Å². The second-order valence-electron chi connectivity index (χ2n) is 24.7. The molecule has 3 atom stereocenters. The highest BCUT2D eigenvalue weighted by atomic mass is 31.2. The van der Waals surface area contributed by atoms with Crippen LogP contribution in [0, 0.1) is 0 Å². The first-order chi connectivity index (χ1) is 38.4. The summed E-state index contributed by atoms with van der Waals surface area (Å²) in [6.45, 7) is 7.04. The molecule has 1 amide bonds. The molecule has 3 unspecified atom stereocenters. The lowest BCUT2D eigenvalue weighted by atomic mass is 10.0. The molecule has 0 aromatic carbocycles. The van der Waals surface area contributed by atoms with Crippen molar-refractivity contribution in [3.8, 4) is 0 Å². The minimum Gasteiger partial charge on any atom is -0.456 e. The monoisotopic (exact) mass is 1130 g/mol. The highest BCUT2D eigenvalue weighted by Crippen LogP contribution is 2.43. The lowest BCUT2D eigenvalue weighted by Crippen LogP contribution is -2.47. The maximum absolute atomic E-state index is 13.6. The first kappa shape index (κ1) is 77.2. The van der Waals surface area contributed by atoms with Crippen molar-refractivity contribution in [1.29, 1.82) is 0 Å². The minimum absolute atomic E-state index is 0.0435. The predicted octanol–water partition coefficient (Wildman–Crippen LogP) is 21.5. The number of nitrogens with one attached hydrogen (secondary N) is 1. The van der Waals surface area contributed by atoms with E-state index in [1.165, 1.54) is 244 Å². The third-order valence-electron chi connectivity index (χ3n) is 15.6. The van der Waals surface area contributed by atoms with Crippen molar-refractivity contribution in [3.05, 3.63) is 36.5 Å². The fraction of sp³-hybridized carbons (Fsp3) is 0.884. The largest absolute Gasteiger partial charge is 0.472 e. The molecule has 0 aliphatic rings. The van der Waals surface area contributed by atoms with Crippen LogP contribution in [0.5, 0.6) is 0 Å². The molecule has 0 aromatic rings. The average Bonchev–Trinajstić information content (AvgIpc) is 3.41. The number of carbonyl (C=O) groups excluding carboxylic acids is 2. The predicted molar refractivity (Wildman–Crippen MR) is 342 cm³/mol. The summed E-state index contributed by atoms with van der Waals surface area (Å²) >= 11 is 0. The van der Waals surface area contributed by atoms with Gasteiger partial charge in [-0.1, -0.05) is 302 Å². The summed E-state index contributed by atoms with van der Waals surface area (Å²) in [5.41, 5.74) is 0. The number of hydrogen-bond donors (Lipinski definition) is 2. The van der Waals surface area contributed by atoms with Gasteiger partial charge >= 0.3 is 13.8 Å². The molecule has 0 bridgehead atoms. The summed E-state index contributed by atoms with van der Waals surface area (Å²) in [4.78, 5) is 37.8. The van der Waals surface area contributed by atoms with Crippen LogP contribution in [-0.4, -0.2) is 74.3 Å². The normalized spacial score (nSPS) is 13.8. The van der Waals surface area contributed by atoms with Crippen molar-refractivity contribution < 1.29 is 37.3 Å². The van der Waals surface area contributed by atoms with Crippen LogP contribution in [0.2, 0.25) is 0 Å². The molecule has 0 rings (SSSR count). The van der Waals surface area contributed by atoms with Crippen molar-refractivity contribution in [2.24, 2.45) is 0 Å². The molecule has 466 valence electrons. The Kier molecular flexibility index (Phi) is 58.1. The van der Waals surface area contributed by atoms with Crippen LogP contribution in [-0.2, 0) is 27.9 Å². The molecule has 0 radical (unpaired) electrons. The molecular formula is C69H134N2O7P+. The van der Waals surface area contributed by atoms with E-state index in [1.54, 1.807) is 0 Å². The first-order valence-electron chi connectivity index (χ1n) is 34.3. The van der Waals surface area contributed by atoms with E-state index < -0.39 is 20.0 Å². The standard InChI is InChI=1S/C69H133N2O7P/c1-7-10-13-16-19-22-25-27-29-31-32-33-34-35-36-37-38-40-42-44-47-50-53-56-59-62-69(73)78-67(60-57-54-51-48-45-24-21-18-15-12-9-3)66(65-77-79(74,75)76-64-63-71(4,5)6)70-68(72)61-58-55-52-49-46-43-41-39-30-28-26-23-20-17-14-11-8-2/h19,22,27,29,57,60,66-67H,7-18,20-21,23-26,28,30-56,58-59,61-65H2,1-6H3,(H-,70,72,74,75)/p+1/b22-19-,29-27-,60-57+. The van der Waals surface area contributed by atoms with Crippen LogP contribution in [0.1, 0.15) is 342 Å². The third kappa shape index (κ3) is 60.6. The zero-order valence-corrected chi connectivity index (χ0v) is 54.3. The van der Waals surface area contributed by atoms with Gasteiger partial charge in [0.25, 0.3) is 0 Å². The number of quaternary nitrogens is 1. The maximum atomic E-state index is 13.6. The summed E-state index contributed by atoms with van der Waals surface area (Å²) in [7, 11) is 1.51. The van der Waals surface area contributed by atoms with E-state index in [2.05, 4.69) is 50.4 Å². The molecule has 0 saturated heterocycles. The van der Waals surface area contributed by atoms with Crippen molar-refractivity contribution in [3.63, 3.8) is 0 Å². The maximum Gasteiger partial charge on any atom is 0.472 e. The second-order valence-corrected chi connectivity index (χ2v) is 26.2. The average molecular weight is 1130 g/mol. The summed E-state index contributed by atoms with van der Waals surface area (Å²) in [6.07, 6.45) is 72.9. The summed E-state index contributed by atoms with van der Waals surface area (Å²) < 4.78 is 30.8. The Labute approximate surface area is 491 Å². The Bertz CT molecular complexity index is 1450. The molecule has 0 aliphatic heterocycles. The molecule has 0 aliphatic carbocycles. The number of likely N-dealkylation sites (N-methyl/N-ethyl adjacent to an activating group) is 1. The number of rotatable bonds is 63. The van der Waals surface area contributed by atoms with Crippen molar-refractivity contribution in [2.75, 3.05) is 40.9 Å². The molecular weight excluding hydrogens is 1000 g/mol. The third-order valence-corrected chi connectivity index (χ3v) is 16.6. The Hall–Kier alpha value is -1.77. The summed E-state index contributed by atoms with van der Waals surface area (Å²) in [5.74, 6) is -0.487. The van der Waals surface area contributed by atoms with Crippen molar-refractivity contribution >= 4 is 19.7 Å². The van der Waals surface area contributed by atoms with E-state index in [4.69, 9.17) is 13.8 Å². The fourth-order valence-corrected chi connectivity index (χ4v) is 11.0. The SMILES string of the molecule is CCCCC/C=C\C/C=C\CCCCCCCCCCCCCCCCCC(=O)OC(/C=C/CCCCCCCCCCC)C(COP(=O)(O)OCC[N+](C)(C)C)NC(=O)CCCCCCCCCCCCCCCCCCC. The van der Waals surface area contributed by atoms with Gasteiger partial charge in [0.2, 0.25) is 5.91 Å². The molecule has 0 saturated carbocycles. The van der Waals surface area contributed by atoms with Crippen molar-refractivity contribution in [2.45, 2.75) is 354 Å². The highest BCUT2D eigenvalue weighted by Gasteiger charge is 2.30. The topological polar surface area (TPSA) is 111 Å². The van der Waals surface area contributed by atoms with E-state index >= 15 is 0 Å². The minimum atomic E-state index is -4.45. The summed E-state index contributed by atoms with van der Waals surface area (Å²) in [6, 6.07) is -0.843. The molecule has 0 fully saturated rings. The zero-order chi connectivity index (χ0) is 57.9. The van der Waals surface area contributed by atoms with E-state index in [0.717, 1.165) is 64.2 Å². The molecule has 2 N–H and O–H groups in total. The number of hydrogen-bond acceptors (Lipinski definition) is 6. The molecule has 0 aromatic heterocycles. The Morgan fingerprint density at radius 3 is 1.16 bits per heavy atom. The number of amides is 1. The Morgan fingerprint density at radius 2 is 0.772 bits per heavy atom. The van der Waals surface area contributed by atoms with Crippen LogP contribution in [0.3, 0.4) is 0 Å². The smallest absolute Gasteiger partial charge is 0.456 e. The number of phosphoric ester groups is 1. The molecule has 0 spiro atoms. The van der Waals surface area contributed by atoms with Gasteiger partial charge in [-0.2, -0.15) is 0 Å². The van der Waals surface area contributed by atoms with Gasteiger partial charge < -0.3 is 19.4 Å². The first-order valence-corrected chi connectivity index (χ1v) is 35.8. The molecule has 10 heteroatoms. The number of nitrogens with zero attached hydrogens (tertiary/aromatic N) is 1. The van der Waals surface area contributed by atoms with Crippen LogP contribution in [0.25, 0.3) is 0 Å². The highest BCUT2D eigenvalue weighted by molar-refractivity contribution is 7.47. The molecule has 0 heterocycles. The van der Waals surface area contributed by atoms with E-state index in [-0.39, 0.29) is 25.1 Å². The van der Waals surface area contributed by atoms with Gasteiger partial charge in [0.05, 0.1) is 33.8 Å². The Morgan fingerprint density at radius 1 is 0.443 bits per heavy atom. The van der Waals surface area contributed by atoms with Crippen LogP contribution in [0.15, 0.2) is 36.5 Å². The lowest BCUT2D eigenvalue weighted by molar-refractivity contribution is -0.870. The van der Waals surface area contributed by atoms with Crippen LogP contribution >= 0.6 is 7.82 Å². The zero-order valence-electron chi connectivity index (χ0n) is 53.4. The van der Waals surface area contributed by atoms with E-state index in [0.29, 0.717) is 23.9 Å². The van der Waals surface area contributed by atoms with Crippen LogP contribution < -0.4 is 5.32 Å². The number of esters is 1. The van der Waals surface area contributed by atoms with E-state index in [1.807, 2.05) is 33.3 Å². The number of ether oxygens (including phenoxy) is 1. The molecule has 79 heavy (non-hydrogen) atoms. The van der Waals surface area contributed by atoms with Gasteiger partial charge in [-0.25, -0.2) is 4.57 Å². The van der Waals surface area contributed by atoms with Gasteiger partial charge in [0, 0.05) is 12.8 Å². The van der Waals surface area contributed by atoms with Gasteiger partial charge in [-0.05, 0) is 63.9 Å². The molecule has 9 nitrogen and oxygen atoms in total. The second kappa shape index (κ2) is 59.4. The Balaban J connectivity index is 5.01. The fourth-order valence-electron chi connectivity index (χ4n) is 10.3. The summed E-state index contributed by atoms with van der Waals surface area (Å²) in [5, 5.41) is 3.07. The quantitative estimate of drug-likeness (QED) is 0.0205. The van der Waals surface area contributed by atoms with Gasteiger partial charge in [-0.3, -0.25) is 18.6 Å². The van der Waals surface area contributed by atoms with Crippen molar-refractivity contribution in [1.82, 2.24) is 5.32 Å². The number of phosphoric acid groups is 1. The lowest BCUT2D eigenvalue weighted by Gasteiger charge is -2.27. The number of allylic oxidation sites excluding steroid dienone is 5. The number of carbonyl (C=O) groups is 2. The number of unbranched alkanes of at least 4 members (excludes halogenated alkanes) is 43. The van der Waals surface area contributed by atoms with Crippen LogP contribution in [0.4, 0.5) is 0 Å². The van der Waals surface area contributed by atoms with E-state index in [9.17, 15) is 19.0 Å². The van der Waals surface area contributed by atoms with Gasteiger partial charge in [0.1, 0.15) is 19.3 Å². The van der Waals surface area contributed by atoms with Gasteiger partial charge in [-0.15, -0.1) is 0 Å².